The molecule has 3 rings (SSSR count). The van der Waals surface area contributed by atoms with Crippen molar-refractivity contribution in [2.45, 2.75) is 50.3 Å². The summed E-state index contributed by atoms with van der Waals surface area (Å²) in [5.41, 5.74) is 0. The molecule has 0 radical (unpaired) electrons. The fraction of sp³-hybridized carbons (Fsp3) is 0.857. The fourth-order valence-corrected chi connectivity index (χ4v) is 3.89. The lowest BCUT2D eigenvalue weighted by Gasteiger charge is -2.36. The predicted octanol–water partition coefficient (Wildman–Crippen LogP) is 0.219. The number of hydrogen-bond acceptors (Lipinski definition) is 4. The number of rotatable bonds is 2. The van der Waals surface area contributed by atoms with E-state index < -0.39 is 18.1 Å². The molecule has 2 aliphatic heterocycles. The van der Waals surface area contributed by atoms with Crippen LogP contribution in [0.15, 0.2) is 0 Å². The van der Waals surface area contributed by atoms with Gasteiger partial charge >= 0.3 is 5.97 Å². The first-order chi connectivity index (χ1) is 9.68. The third-order valence-corrected chi connectivity index (χ3v) is 4.83. The van der Waals surface area contributed by atoms with Crippen LogP contribution >= 0.6 is 0 Å². The molecule has 3 fully saturated rings. The van der Waals surface area contributed by atoms with Crippen molar-refractivity contribution in [1.82, 2.24) is 10.2 Å². The topological polar surface area (TPSA) is 78.9 Å². The van der Waals surface area contributed by atoms with Crippen molar-refractivity contribution < 1.29 is 19.4 Å². The van der Waals surface area contributed by atoms with Gasteiger partial charge < -0.3 is 20.1 Å². The largest absolute Gasteiger partial charge is 0.480 e. The average Bonchev–Trinajstić information content (AvgIpc) is 2.87. The summed E-state index contributed by atoms with van der Waals surface area (Å²) in [6, 6.07) is -0.566. The molecule has 1 aliphatic carbocycles. The molecule has 2 heterocycles. The van der Waals surface area contributed by atoms with E-state index in [4.69, 9.17) is 4.74 Å². The van der Waals surface area contributed by atoms with Crippen LogP contribution in [0, 0.1) is 5.92 Å². The smallest absolute Gasteiger partial charge is 0.326 e. The van der Waals surface area contributed by atoms with Gasteiger partial charge in [0.2, 0.25) is 0 Å². The molecule has 2 N–H and O–H groups in total. The molecule has 112 valence electrons. The molecule has 4 unspecified atom stereocenters. The Kier molecular flexibility index (Phi) is 3.94. The van der Waals surface area contributed by atoms with Crippen LogP contribution in [0.3, 0.4) is 0 Å². The number of carbonyl (C=O) groups is 2. The highest BCUT2D eigenvalue weighted by atomic mass is 16.5. The van der Waals surface area contributed by atoms with Gasteiger partial charge in [-0.25, -0.2) is 4.79 Å². The minimum atomic E-state index is -0.878. The number of hydrogen-bond donors (Lipinski definition) is 2. The van der Waals surface area contributed by atoms with E-state index in [1.165, 1.54) is 0 Å². The molecule has 1 saturated carbocycles. The van der Waals surface area contributed by atoms with E-state index in [1.54, 1.807) is 4.90 Å². The van der Waals surface area contributed by atoms with Gasteiger partial charge in [-0.1, -0.05) is 12.8 Å². The number of carbonyl (C=O) groups excluding carboxylic acids is 1. The Labute approximate surface area is 118 Å². The van der Waals surface area contributed by atoms with Crippen LogP contribution in [0.25, 0.3) is 0 Å². The first-order valence-electron chi connectivity index (χ1n) is 7.56. The summed E-state index contributed by atoms with van der Waals surface area (Å²) in [7, 11) is 0. The number of carboxylic acid groups (broad SMARTS) is 1. The van der Waals surface area contributed by atoms with Gasteiger partial charge in [-0.05, 0) is 25.2 Å². The lowest BCUT2D eigenvalue weighted by Crippen LogP contribution is -2.55. The van der Waals surface area contributed by atoms with Crippen molar-refractivity contribution in [2.75, 3.05) is 19.7 Å². The summed E-state index contributed by atoms with van der Waals surface area (Å²) >= 11 is 0. The van der Waals surface area contributed by atoms with Crippen molar-refractivity contribution in [1.29, 1.82) is 0 Å². The van der Waals surface area contributed by atoms with Gasteiger partial charge in [0.15, 0.2) is 0 Å². The summed E-state index contributed by atoms with van der Waals surface area (Å²) in [5, 5.41) is 12.6. The Morgan fingerprint density at radius 1 is 1.25 bits per heavy atom. The molecule has 0 aromatic rings. The summed E-state index contributed by atoms with van der Waals surface area (Å²) < 4.78 is 5.51. The number of carboxylic acids is 1. The highest BCUT2D eigenvalue weighted by Crippen LogP contribution is 2.40. The van der Waals surface area contributed by atoms with Gasteiger partial charge in [0.05, 0.1) is 6.61 Å². The molecular formula is C14H22N2O4. The van der Waals surface area contributed by atoms with Gasteiger partial charge in [0, 0.05) is 19.1 Å². The van der Waals surface area contributed by atoms with Gasteiger partial charge in [0.1, 0.15) is 12.1 Å². The zero-order valence-corrected chi connectivity index (χ0v) is 11.6. The quantitative estimate of drug-likeness (QED) is 0.757. The van der Waals surface area contributed by atoms with Crippen LogP contribution in [0.2, 0.25) is 0 Å². The van der Waals surface area contributed by atoms with Crippen LogP contribution in [0.5, 0.6) is 0 Å². The van der Waals surface area contributed by atoms with Crippen molar-refractivity contribution in [3.05, 3.63) is 0 Å². The van der Waals surface area contributed by atoms with Crippen molar-refractivity contribution in [3.63, 3.8) is 0 Å². The van der Waals surface area contributed by atoms with Crippen molar-refractivity contribution in [2.24, 2.45) is 5.92 Å². The Bertz CT molecular complexity index is 395. The zero-order valence-electron chi connectivity index (χ0n) is 11.6. The van der Waals surface area contributed by atoms with E-state index in [9.17, 15) is 14.7 Å². The van der Waals surface area contributed by atoms with Crippen LogP contribution in [0.4, 0.5) is 0 Å². The molecule has 20 heavy (non-hydrogen) atoms. The first-order valence-corrected chi connectivity index (χ1v) is 7.56. The molecule has 2 saturated heterocycles. The number of nitrogens with one attached hydrogen (secondary N) is 1. The highest BCUT2D eigenvalue weighted by molar-refractivity contribution is 5.87. The van der Waals surface area contributed by atoms with Gasteiger partial charge in [-0.2, -0.15) is 0 Å². The molecule has 0 spiro atoms. The second-order valence-corrected chi connectivity index (χ2v) is 6.01. The fourth-order valence-electron chi connectivity index (χ4n) is 3.89. The number of nitrogens with zero attached hydrogens (tertiary/aromatic N) is 1. The van der Waals surface area contributed by atoms with Crippen LogP contribution in [-0.2, 0) is 14.3 Å². The maximum atomic E-state index is 12.7. The Hall–Kier alpha value is -1.14. The number of ether oxygens (including phenoxy) is 1. The van der Waals surface area contributed by atoms with Crippen molar-refractivity contribution >= 4 is 11.9 Å². The monoisotopic (exact) mass is 282 g/mol. The van der Waals surface area contributed by atoms with E-state index in [-0.39, 0.29) is 11.9 Å². The number of fused-ring (bicyclic) bond motifs is 1. The molecule has 0 aromatic carbocycles. The summed E-state index contributed by atoms with van der Waals surface area (Å²) in [6.45, 7) is 1.74. The molecule has 4 atom stereocenters. The van der Waals surface area contributed by atoms with Gasteiger partial charge in [-0.15, -0.1) is 0 Å². The van der Waals surface area contributed by atoms with Crippen molar-refractivity contribution in [3.8, 4) is 0 Å². The molecule has 6 heteroatoms. The molecule has 0 aromatic heterocycles. The first kappa shape index (κ1) is 13.8. The minimum Gasteiger partial charge on any atom is -0.480 e. The average molecular weight is 282 g/mol. The predicted molar refractivity (Wildman–Crippen MR) is 71.2 cm³/mol. The van der Waals surface area contributed by atoms with Gasteiger partial charge in [-0.3, -0.25) is 4.79 Å². The number of aliphatic carboxylic acids is 1. The SMILES string of the molecule is O=C(O)C1CC2CCCCC2N1C(=O)C1CNCCO1. The second-order valence-electron chi connectivity index (χ2n) is 6.01. The summed E-state index contributed by atoms with van der Waals surface area (Å²) in [4.78, 5) is 25.8. The maximum absolute atomic E-state index is 12.7. The van der Waals surface area contributed by atoms with E-state index in [1.807, 2.05) is 0 Å². The molecule has 6 nitrogen and oxygen atoms in total. The highest BCUT2D eigenvalue weighted by Gasteiger charge is 2.49. The Morgan fingerprint density at radius 3 is 2.75 bits per heavy atom. The third kappa shape index (κ3) is 2.42. The van der Waals surface area contributed by atoms with Crippen LogP contribution < -0.4 is 5.32 Å². The lowest BCUT2D eigenvalue weighted by atomic mass is 9.84. The zero-order chi connectivity index (χ0) is 14.1. The molecular weight excluding hydrogens is 260 g/mol. The van der Waals surface area contributed by atoms with E-state index >= 15 is 0 Å². The molecule has 3 aliphatic rings. The standard InChI is InChI=1S/C14H22N2O4/c17-13(12-8-15-5-6-20-12)16-10-4-2-1-3-9(10)7-11(16)14(18)19/h9-12,15H,1-8H2,(H,18,19). The molecule has 0 bridgehead atoms. The molecule has 1 amide bonds. The second kappa shape index (κ2) is 5.69. The van der Waals surface area contributed by atoms with Crippen LogP contribution in [-0.4, -0.2) is 59.8 Å². The third-order valence-electron chi connectivity index (χ3n) is 4.83. The Balaban J connectivity index is 1.79. The maximum Gasteiger partial charge on any atom is 0.326 e. The van der Waals surface area contributed by atoms with Gasteiger partial charge in [0.25, 0.3) is 5.91 Å². The number of morpholine rings is 1. The van der Waals surface area contributed by atoms with E-state index in [0.717, 1.165) is 32.2 Å². The summed E-state index contributed by atoms with van der Waals surface area (Å²) in [6.07, 6.45) is 4.29. The van der Waals surface area contributed by atoms with E-state index in [2.05, 4.69) is 5.32 Å². The number of amides is 1. The van der Waals surface area contributed by atoms with Crippen LogP contribution in [0.1, 0.15) is 32.1 Å². The minimum absolute atomic E-state index is 0.0999. The Morgan fingerprint density at radius 2 is 2.05 bits per heavy atom. The lowest BCUT2D eigenvalue weighted by molar-refractivity contribution is -0.157. The summed E-state index contributed by atoms with van der Waals surface area (Å²) in [5.74, 6) is -0.666. The van der Waals surface area contributed by atoms with E-state index in [0.29, 0.717) is 25.5 Å². The number of likely N-dealkylation sites (tertiary alicyclic amines) is 1. The normalized spacial score (nSPS) is 37.5.